The van der Waals surface area contributed by atoms with Crippen LogP contribution in [0.2, 0.25) is 0 Å². The first-order valence-corrected chi connectivity index (χ1v) is 8.04. The van der Waals surface area contributed by atoms with Crippen molar-refractivity contribution in [2.75, 3.05) is 13.2 Å². The van der Waals surface area contributed by atoms with Crippen molar-refractivity contribution in [1.82, 2.24) is 9.88 Å². The minimum absolute atomic E-state index is 0.0987. The summed E-state index contributed by atoms with van der Waals surface area (Å²) in [5, 5.41) is 0. The molecular weight excluding hydrogens is 292 g/mol. The zero-order valence-corrected chi connectivity index (χ0v) is 13.6. The predicted molar refractivity (Wildman–Crippen MR) is 86.8 cm³/mol. The molecule has 0 radical (unpaired) electrons. The van der Waals surface area contributed by atoms with E-state index in [-0.39, 0.29) is 18.1 Å². The van der Waals surface area contributed by atoms with Gasteiger partial charge >= 0.3 is 0 Å². The van der Waals surface area contributed by atoms with Gasteiger partial charge in [0.2, 0.25) is 5.91 Å². The molecule has 0 aliphatic carbocycles. The standard InChI is InChI=1S/C18H22N2O3/c1-13-12-22-14(2)11-20(13)18(21)9-8-17-19-10-16(23-17)15-6-4-3-5-7-15/h3-7,10,13-14H,8-9,11-12H2,1-2H3. The number of aromatic nitrogens is 1. The fourth-order valence-corrected chi connectivity index (χ4v) is 2.77. The van der Waals surface area contributed by atoms with Crippen LogP contribution < -0.4 is 0 Å². The summed E-state index contributed by atoms with van der Waals surface area (Å²) in [6.45, 7) is 5.26. The Morgan fingerprint density at radius 1 is 1.30 bits per heavy atom. The van der Waals surface area contributed by atoms with Crippen molar-refractivity contribution in [1.29, 1.82) is 0 Å². The van der Waals surface area contributed by atoms with Gasteiger partial charge in [0.05, 0.1) is 24.9 Å². The Morgan fingerprint density at radius 2 is 2.09 bits per heavy atom. The number of amides is 1. The number of carbonyl (C=O) groups is 1. The smallest absolute Gasteiger partial charge is 0.223 e. The van der Waals surface area contributed by atoms with Gasteiger partial charge in [-0.1, -0.05) is 30.3 Å². The van der Waals surface area contributed by atoms with Crippen LogP contribution in [0.25, 0.3) is 11.3 Å². The van der Waals surface area contributed by atoms with E-state index >= 15 is 0 Å². The summed E-state index contributed by atoms with van der Waals surface area (Å²) in [7, 11) is 0. The highest BCUT2D eigenvalue weighted by Gasteiger charge is 2.27. The number of aryl methyl sites for hydroxylation is 1. The van der Waals surface area contributed by atoms with E-state index in [2.05, 4.69) is 4.98 Å². The first-order valence-electron chi connectivity index (χ1n) is 8.04. The van der Waals surface area contributed by atoms with Crippen molar-refractivity contribution >= 4 is 5.91 Å². The van der Waals surface area contributed by atoms with Gasteiger partial charge < -0.3 is 14.1 Å². The summed E-state index contributed by atoms with van der Waals surface area (Å²) in [6.07, 6.45) is 2.74. The van der Waals surface area contributed by atoms with E-state index < -0.39 is 0 Å². The van der Waals surface area contributed by atoms with Gasteiger partial charge in [-0.15, -0.1) is 0 Å². The maximum absolute atomic E-state index is 12.4. The van der Waals surface area contributed by atoms with Crippen LogP contribution in [0.1, 0.15) is 26.2 Å². The SMILES string of the molecule is CC1CN(C(=O)CCc2ncc(-c3ccccc3)o2)C(C)CO1. The lowest BCUT2D eigenvalue weighted by Gasteiger charge is -2.36. The number of ether oxygens (including phenoxy) is 1. The highest BCUT2D eigenvalue weighted by molar-refractivity contribution is 5.76. The zero-order valence-electron chi connectivity index (χ0n) is 13.6. The lowest BCUT2D eigenvalue weighted by atomic mass is 10.1. The van der Waals surface area contributed by atoms with Gasteiger partial charge in [-0.2, -0.15) is 0 Å². The van der Waals surface area contributed by atoms with E-state index in [1.54, 1.807) is 6.20 Å². The monoisotopic (exact) mass is 314 g/mol. The summed E-state index contributed by atoms with van der Waals surface area (Å²) >= 11 is 0. The van der Waals surface area contributed by atoms with E-state index in [9.17, 15) is 4.79 Å². The van der Waals surface area contributed by atoms with E-state index in [0.29, 0.717) is 31.9 Å². The van der Waals surface area contributed by atoms with Crippen LogP contribution in [-0.4, -0.2) is 41.1 Å². The fraction of sp³-hybridized carbons (Fsp3) is 0.444. The number of hydrogen-bond donors (Lipinski definition) is 0. The summed E-state index contributed by atoms with van der Waals surface area (Å²) in [6, 6.07) is 9.97. The Labute approximate surface area is 136 Å². The molecule has 1 fully saturated rings. The van der Waals surface area contributed by atoms with Crippen LogP contribution in [0.3, 0.4) is 0 Å². The maximum Gasteiger partial charge on any atom is 0.223 e. The minimum Gasteiger partial charge on any atom is -0.441 e. The van der Waals surface area contributed by atoms with Crippen molar-refractivity contribution in [2.24, 2.45) is 0 Å². The number of morpholine rings is 1. The third-order valence-corrected chi connectivity index (χ3v) is 4.09. The van der Waals surface area contributed by atoms with Gasteiger partial charge in [-0.05, 0) is 13.8 Å². The zero-order chi connectivity index (χ0) is 16.2. The van der Waals surface area contributed by atoms with Crippen molar-refractivity contribution < 1.29 is 13.9 Å². The van der Waals surface area contributed by atoms with Gasteiger partial charge in [0, 0.05) is 24.9 Å². The van der Waals surface area contributed by atoms with Crippen LogP contribution in [0, 0.1) is 0 Å². The molecule has 2 unspecified atom stereocenters. The molecule has 1 amide bonds. The molecule has 2 heterocycles. The van der Waals surface area contributed by atoms with Gasteiger partial charge in [0.1, 0.15) is 0 Å². The molecule has 23 heavy (non-hydrogen) atoms. The first-order chi connectivity index (χ1) is 11.1. The topological polar surface area (TPSA) is 55.6 Å². The van der Waals surface area contributed by atoms with Crippen LogP contribution in [-0.2, 0) is 16.0 Å². The average molecular weight is 314 g/mol. The molecule has 1 aliphatic rings. The highest BCUT2D eigenvalue weighted by atomic mass is 16.5. The average Bonchev–Trinajstić information content (AvgIpc) is 3.05. The van der Waals surface area contributed by atoms with Crippen LogP contribution >= 0.6 is 0 Å². The van der Waals surface area contributed by atoms with Crippen molar-refractivity contribution in [3.63, 3.8) is 0 Å². The Morgan fingerprint density at radius 3 is 2.87 bits per heavy atom. The molecule has 5 nitrogen and oxygen atoms in total. The largest absolute Gasteiger partial charge is 0.441 e. The third-order valence-electron chi connectivity index (χ3n) is 4.09. The Bertz CT molecular complexity index is 653. The number of carbonyl (C=O) groups excluding carboxylic acids is 1. The molecule has 1 aromatic heterocycles. The molecule has 1 aliphatic heterocycles. The number of hydrogen-bond acceptors (Lipinski definition) is 4. The van der Waals surface area contributed by atoms with Crippen LogP contribution in [0.15, 0.2) is 40.9 Å². The third kappa shape index (κ3) is 3.79. The van der Waals surface area contributed by atoms with Crippen molar-refractivity contribution in [2.45, 2.75) is 38.8 Å². The van der Waals surface area contributed by atoms with E-state index in [1.807, 2.05) is 49.1 Å². The lowest BCUT2D eigenvalue weighted by molar-refractivity contribution is -0.143. The molecule has 3 rings (SSSR count). The molecule has 0 spiro atoms. The number of rotatable bonds is 4. The second-order valence-electron chi connectivity index (χ2n) is 6.02. The molecule has 1 aromatic carbocycles. The molecule has 1 saturated heterocycles. The van der Waals surface area contributed by atoms with E-state index in [0.717, 1.165) is 11.3 Å². The van der Waals surface area contributed by atoms with Crippen LogP contribution in [0.5, 0.6) is 0 Å². The Balaban J connectivity index is 1.58. The number of benzene rings is 1. The first kappa shape index (κ1) is 15.7. The second-order valence-corrected chi connectivity index (χ2v) is 6.02. The van der Waals surface area contributed by atoms with Crippen LogP contribution in [0.4, 0.5) is 0 Å². The molecule has 2 atom stereocenters. The molecule has 5 heteroatoms. The maximum atomic E-state index is 12.4. The van der Waals surface area contributed by atoms with E-state index in [1.165, 1.54) is 0 Å². The Hall–Kier alpha value is -2.14. The van der Waals surface area contributed by atoms with Gasteiger partial charge in [0.25, 0.3) is 0 Å². The highest BCUT2D eigenvalue weighted by Crippen LogP contribution is 2.21. The molecule has 122 valence electrons. The second kappa shape index (κ2) is 6.96. The predicted octanol–water partition coefficient (Wildman–Crippen LogP) is 2.91. The van der Waals surface area contributed by atoms with Gasteiger partial charge in [0.15, 0.2) is 11.7 Å². The summed E-state index contributed by atoms with van der Waals surface area (Å²) in [5.41, 5.74) is 0.994. The molecule has 0 bridgehead atoms. The van der Waals surface area contributed by atoms with Crippen molar-refractivity contribution in [3.05, 3.63) is 42.4 Å². The molecule has 0 saturated carbocycles. The summed E-state index contributed by atoms with van der Waals surface area (Å²) in [5.74, 6) is 1.47. The van der Waals surface area contributed by atoms with Gasteiger partial charge in [-0.3, -0.25) is 4.79 Å². The molecule has 0 N–H and O–H groups in total. The lowest BCUT2D eigenvalue weighted by Crippen LogP contribution is -2.50. The summed E-state index contributed by atoms with van der Waals surface area (Å²) in [4.78, 5) is 18.6. The quantitative estimate of drug-likeness (QED) is 0.871. The molecular formula is C18H22N2O3. The fourth-order valence-electron chi connectivity index (χ4n) is 2.77. The number of nitrogens with zero attached hydrogens (tertiary/aromatic N) is 2. The van der Waals surface area contributed by atoms with E-state index in [4.69, 9.17) is 9.15 Å². The van der Waals surface area contributed by atoms with Crippen molar-refractivity contribution in [3.8, 4) is 11.3 Å². The Kier molecular flexibility index (Phi) is 4.76. The summed E-state index contributed by atoms with van der Waals surface area (Å²) < 4.78 is 11.3. The normalized spacial score (nSPS) is 21.4. The minimum atomic E-state index is 0.0987. The molecule has 2 aromatic rings. The van der Waals surface area contributed by atoms with Gasteiger partial charge in [-0.25, -0.2) is 4.98 Å². The number of oxazole rings is 1.